The van der Waals surface area contributed by atoms with E-state index in [4.69, 9.17) is 0 Å². The van der Waals surface area contributed by atoms with Crippen molar-refractivity contribution < 1.29 is 4.79 Å². The molecule has 32 heavy (non-hydrogen) atoms. The standard InChI is InChI=1S/C23H27N7O2/c1-24-21-15-25-14-20(28-21)17-12-19(23(32)27-13-17)29-22(31)16-4-6-18(7-5-16)26-8-11-30-9-2-3-10-30/h4-7,12-15,26H,2-3,8-11H2,1H3,(H,24,28)(H,27,32)(H,29,31). The summed E-state index contributed by atoms with van der Waals surface area (Å²) in [4.78, 5) is 38.6. The summed E-state index contributed by atoms with van der Waals surface area (Å²) >= 11 is 0. The number of hydrogen-bond donors (Lipinski definition) is 4. The van der Waals surface area contributed by atoms with Gasteiger partial charge in [-0.25, -0.2) is 4.98 Å². The van der Waals surface area contributed by atoms with Crippen LogP contribution in [0.3, 0.4) is 0 Å². The van der Waals surface area contributed by atoms with Gasteiger partial charge in [0.1, 0.15) is 11.5 Å². The SMILES string of the molecule is CNc1cncc(-c2c[nH]c(=O)c(NC(=O)c3ccc(NCCN4CCCC4)cc3)c2)n1. The summed E-state index contributed by atoms with van der Waals surface area (Å²) in [7, 11) is 1.75. The fourth-order valence-corrected chi connectivity index (χ4v) is 3.65. The van der Waals surface area contributed by atoms with Gasteiger partial charge in [0.15, 0.2) is 0 Å². The van der Waals surface area contributed by atoms with Gasteiger partial charge in [-0.15, -0.1) is 0 Å². The Morgan fingerprint density at radius 2 is 1.94 bits per heavy atom. The third-order valence-corrected chi connectivity index (χ3v) is 5.44. The van der Waals surface area contributed by atoms with Crippen LogP contribution in [0.1, 0.15) is 23.2 Å². The van der Waals surface area contributed by atoms with Crippen LogP contribution < -0.4 is 21.5 Å². The number of aromatic amines is 1. The van der Waals surface area contributed by atoms with E-state index in [0.717, 1.165) is 18.8 Å². The quantitative estimate of drug-likeness (QED) is 0.432. The molecule has 0 unspecified atom stereocenters. The predicted molar refractivity (Wildman–Crippen MR) is 126 cm³/mol. The average Bonchev–Trinajstić information content (AvgIpc) is 3.34. The summed E-state index contributed by atoms with van der Waals surface area (Å²) in [6, 6.07) is 8.83. The molecule has 1 amide bonds. The number of H-pyrrole nitrogens is 1. The van der Waals surface area contributed by atoms with Crippen LogP contribution in [0.15, 0.2) is 53.7 Å². The fourth-order valence-electron chi connectivity index (χ4n) is 3.65. The summed E-state index contributed by atoms with van der Waals surface area (Å²) in [5.41, 5.74) is 2.41. The van der Waals surface area contributed by atoms with Gasteiger partial charge in [0.2, 0.25) is 0 Å². The first-order valence-corrected chi connectivity index (χ1v) is 10.7. The zero-order chi connectivity index (χ0) is 22.3. The van der Waals surface area contributed by atoms with Gasteiger partial charge < -0.3 is 25.8 Å². The second kappa shape index (κ2) is 10.1. The highest BCUT2D eigenvalue weighted by molar-refractivity contribution is 6.04. The molecular formula is C23H27N7O2. The van der Waals surface area contributed by atoms with Crippen molar-refractivity contribution in [1.29, 1.82) is 0 Å². The van der Waals surface area contributed by atoms with E-state index in [1.165, 1.54) is 25.9 Å². The largest absolute Gasteiger partial charge is 0.384 e. The van der Waals surface area contributed by atoms with Crippen LogP contribution in [0, 0.1) is 0 Å². The lowest BCUT2D eigenvalue weighted by atomic mass is 10.1. The summed E-state index contributed by atoms with van der Waals surface area (Å²) in [6.45, 7) is 4.23. The Kier molecular flexibility index (Phi) is 6.76. The molecule has 3 aromatic rings. The van der Waals surface area contributed by atoms with Gasteiger partial charge in [-0.2, -0.15) is 0 Å². The van der Waals surface area contributed by atoms with Crippen LogP contribution in [-0.4, -0.2) is 59.0 Å². The number of likely N-dealkylation sites (tertiary alicyclic amines) is 1. The van der Waals surface area contributed by atoms with E-state index in [1.54, 1.807) is 43.8 Å². The molecule has 0 atom stereocenters. The number of hydrogen-bond acceptors (Lipinski definition) is 7. The molecule has 9 heteroatoms. The molecule has 0 saturated carbocycles. The molecule has 0 spiro atoms. The number of anilines is 3. The van der Waals surface area contributed by atoms with Crippen LogP contribution in [0.25, 0.3) is 11.3 Å². The van der Waals surface area contributed by atoms with Gasteiger partial charge in [0, 0.05) is 43.1 Å². The van der Waals surface area contributed by atoms with Crippen LogP contribution >= 0.6 is 0 Å². The molecular weight excluding hydrogens is 406 g/mol. The molecule has 1 saturated heterocycles. The Morgan fingerprint density at radius 3 is 2.69 bits per heavy atom. The summed E-state index contributed by atoms with van der Waals surface area (Å²) in [5, 5.41) is 9.00. The van der Waals surface area contributed by atoms with Crippen LogP contribution in [-0.2, 0) is 0 Å². The highest BCUT2D eigenvalue weighted by Gasteiger charge is 2.12. The number of aromatic nitrogens is 3. The van der Waals surface area contributed by atoms with Gasteiger partial charge in [-0.1, -0.05) is 0 Å². The van der Waals surface area contributed by atoms with Gasteiger partial charge in [-0.05, 0) is 56.3 Å². The Balaban J connectivity index is 1.40. The van der Waals surface area contributed by atoms with Crippen LogP contribution in [0.2, 0.25) is 0 Å². The molecule has 0 radical (unpaired) electrons. The summed E-state index contributed by atoms with van der Waals surface area (Å²) < 4.78 is 0. The predicted octanol–water partition coefficient (Wildman–Crippen LogP) is 2.63. The number of rotatable bonds is 8. The van der Waals surface area contributed by atoms with E-state index in [-0.39, 0.29) is 17.2 Å². The molecule has 0 bridgehead atoms. The monoisotopic (exact) mass is 433 g/mol. The van der Waals surface area contributed by atoms with Crippen molar-refractivity contribution in [3.63, 3.8) is 0 Å². The van der Waals surface area contributed by atoms with E-state index in [1.807, 2.05) is 12.1 Å². The topological polar surface area (TPSA) is 115 Å². The molecule has 1 aliphatic heterocycles. The molecule has 4 N–H and O–H groups in total. The van der Waals surface area contributed by atoms with E-state index >= 15 is 0 Å². The van der Waals surface area contributed by atoms with Crippen molar-refractivity contribution in [2.75, 3.05) is 49.2 Å². The first-order valence-electron chi connectivity index (χ1n) is 10.7. The van der Waals surface area contributed by atoms with Crippen LogP contribution in [0.5, 0.6) is 0 Å². The first-order chi connectivity index (χ1) is 15.6. The van der Waals surface area contributed by atoms with E-state index in [2.05, 4.69) is 35.8 Å². The van der Waals surface area contributed by atoms with Gasteiger partial charge in [0.05, 0.1) is 18.1 Å². The normalized spacial score (nSPS) is 13.7. The zero-order valence-corrected chi connectivity index (χ0v) is 18.0. The number of benzene rings is 1. The third kappa shape index (κ3) is 5.30. The number of amides is 1. The molecule has 1 aliphatic rings. The van der Waals surface area contributed by atoms with Gasteiger partial charge in [-0.3, -0.25) is 14.6 Å². The minimum Gasteiger partial charge on any atom is -0.384 e. The maximum absolute atomic E-state index is 12.7. The Hall–Kier alpha value is -3.72. The Bertz CT molecular complexity index is 1120. The molecule has 0 aliphatic carbocycles. The number of pyridine rings is 1. The lowest BCUT2D eigenvalue weighted by Gasteiger charge is -2.15. The van der Waals surface area contributed by atoms with Crippen molar-refractivity contribution in [3.8, 4) is 11.3 Å². The highest BCUT2D eigenvalue weighted by Crippen LogP contribution is 2.19. The van der Waals surface area contributed by atoms with E-state index in [0.29, 0.717) is 22.6 Å². The van der Waals surface area contributed by atoms with E-state index < -0.39 is 0 Å². The van der Waals surface area contributed by atoms with Gasteiger partial charge >= 0.3 is 0 Å². The molecule has 1 fully saturated rings. The number of carbonyl (C=O) groups excluding carboxylic acids is 1. The second-order valence-corrected chi connectivity index (χ2v) is 7.68. The van der Waals surface area contributed by atoms with Crippen molar-refractivity contribution in [2.24, 2.45) is 0 Å². The molecule has 2 aromatic heterocycles. The lowest BCUT2D eigenvalue weighted by Crippen LogP contribution is -2.25. The van der Waals surface area contributed by atoms with Crippen molar-refractivity contribution in [1.82, 2.24) is 19.9 Å². The smallest absolute Gasteiger partial charge is 0.271 e. The zero-order valence-electron chi connectivity index (χ0n) is 18.0. The lowest BCUT2D eigenvalue weighted by molar-refractivity contribution is 0.102. The second-order valence-electron chi connectivity index (χ2n) is 7.68. The van der Waals surface area contributed by atoms with Gasteiger partial charge in [0.25, 0.3) is 11.5 Å². The average molecular weight is 434 g/mol. The van der Waals surface area contributed by atoms with Crippen LogP contribution in [0.4, 0.5) is 17.2 Å². The third-order valence-electron chi connectivity index (χ3n) is 5.44. The van der Waals surface area contributed by atoms with Crippen molar-refractivity contribution in [3.05, 3.63) is 64.8 Å². The van der Waals surface area contributed by atoms with E-state index in [9.17, 15) is 9.59 Å². The first kappa shape index (κ1) is 21.5. The Labute approximate surface area is 186 Å². The molecule has 166 valence electrons. The molecule has 9 nitrogen and oxygen atoms in total. The fraction of sp³-hybridized carbons (Fsp3) is 0.304. The number of nitrogens with one attached hydrogen (secondary N) is 4. The van der Waals surface area contributed by atoms with Crippen molar-refractivity contribution >= 4 is 23.1 Å². The van der Waals surface area contributed by atoms with Crippen molar-refractivity contribution in [2.45, 2.75) is 12.8 Å². The molecule has 1 aromatic carbocycles. The number of nitrogens with zero attached hydrogens (tertiary/aromatic N) is 3. The molecule has 4 rings (SSSR count). The Morgan fingerprint density at radius 1 is 1.16 bits per heavy atom. The highest BCUT2D eigenvalue weighted by atomic mass is 16.2. The minimum atomic E-state index is -0.389. The maximum Gasteiger partial charge on any atom is 0.271 e. The summed E-state index contributed by atoms with van der Waals surface area (Å²) in [6.07, 6.45) is 7.30. The molecule has 3 heterocycles. The maximum atomic E-state index is 12.7. The minimum absolute atomic E-state index is 0.150. The number of carbonyl (C=O) groups is 1. The summed E-state index contributed by atoms with van der Waals surface area (Å²) in [5.74, 6) is 0.250.